The van der Waals surface area contributed by atoms with E-state index in [0.29, 0.717) is 29.0 Å². The van der Waals surface area contributed by atoms with Crippen LogP contribution in [0.3, 0.4) is 0 Å². The smallest absolute Gasteiger partial charge is 0.266 e. The van der Waals surface area contributed by atoms with Gasteiger partial charge in [0.15, 0.2) is 5.17 Å². The second kappa shape index (κ2) is 11.0. The van der Waals surface area contributed by atoms with Crippen LogP contribution in [0.25, 0.3) is 6.08 Å². The Labute approximate surface area is 211 Å². The van der Waals surface area contributed by atoms with Crippen LogP contribution in [0.5, 0.6) is 5.75 Å². The van der Waals surface area contributed by atoms with Crippen LogP contribution in [0.1, 0.15) is 30.0 Å². The molecule has 1 aliphatic heterocycles. The van der Waals surface area contributed by atoms with Crippen LogP contribution < -0.4 is 4.74 Å². The minimum absolute atomic E-state index is 0.0366. The van der Waals surface area contributed by atoms with E-state index in [2.05, 4.69) is 15.9 Å². The number of ether oxygens (including phenoxy) is 1. The fourth-order valence-electron chi connectivity index (χ4n) is 3.36. The summed E-state index contributed by atoms with van der Waals surface area (Å²) in [4.78, 5) is 20.2. The summed E-state index contributed by atoms with van der Waals surface area (Å²) < 4.78 is 19.7. The molecule has 1 aliphatic rings. The Morgan fingerprint density at radius 2 is 1.82 bits per heavy atom. The predicted molar refractivity (Wildman–Crippen MR) is 141 cm³/mol. The molecule has 0 unspecified atom stereocenters. The highest BCUT2D eigenvalue weighted by Crippen LogP contribution is 2.35. The molecule has 1 fully saturated rings. The molecule has 0 N–H and O–H groups in total. The average molecular weight is 539 g/mol. The van der Waals surface area contributed by atoms with Crippen molar-refractivity contribution in [3.63, 3.8) is 0 Å². The summed E-state index contributed by atoms with van der Waals surface area (Å²) in [6, 6.07) is 19.8. The molecule has 3 aromatic rings. The predicted octanol–water partition coefficient (Wildman–Crippen LogP) is 7.49. The molecule has 0 radical (unpaired) electrons. The van der Waals surface area contributed by atoms with E-state index in [1.54, 1.807) is 17.0 Å². The molecule has 174 valence electrons. The highest BCUT2D eigenvalue weighted by atomic mass is 79.9. The van der Waals surface area contributed by atoms with Gasteiger partial charge in [-0.25, -0.2) is 9.38 Å². The second-order valence-corrected chi connectivity index (χ2v) is 9.77. The summed E-state index contributed by atoms with van der Waals surface area (Å²) >= 11 is 4.95. The van der Waals surface area contributed by atoms with E-state index in [1.807, 2.05) is 62.4 Å². The van der Waals surface area contributed by atoms with Crippen LogP contribution in [-0.2, 0) is 11.4 Å². The van der Waals surface area contributed by atoms with Gasteiger partial charge in [-0.1, -0.05) is 42.8 Å². The Kier molecular flexibility index (Phi) is 7.85. The maximum absolute atomic E-state index is 13.1. The van der Waals surface area contributed by atoms with Crippen LogP contribution in [0.4, 0.5) is 10.1 Å². The number of rotatable bonds is 7. The zero-order chi connectivity index (χ0) is 24.1. The summed E-state index contributed by atoms with van der Waals surface area (Å²) in [5.74, 6) is 0.364. The third-order valence-corrected chi connectivity index (χ3v) is 6.78. The Morgan fingerprint density at radius 3 is 2.50 bits per heavy atom. The number of hydrogen-bond acceptors (Lipinski definition) is 4. The van der Waals surface area contributed by atoms with Gasteiger partial charge in [0.2, 0.25) is 0 Å². The van der Waals surface area contributed by atoms with Crippen molar-refractivity contribution < 1.29 is 13.9 Å². The molecule has 0 aromatic heterocycles. The molecule has 34 heavy (non-hydrogen) atoms. The molecular formula is C27H24BrFN2O2S. The topological polar surface area (TPSA) is 41.9 Å². The van der Waals surface area contributed by atoms with Crippen LogP contribution in [-0.4, -0.2) is 22.5 Å². The molecule has 0 atom stereocenters. The van der Waals surface area contributed by atoms with Crippen molar-refractivity contribution >= 4 is 50.5 Å². The van der Waals surface area contributed by atoms with Crippen LogP contribution >= 0.6 is 27.7 Å². The van der Waals surface area contributed by atoms with E-state index < -0.39 is 0 Å². The summed E-state index contributed by atoms with van der Waals surface area (Å²) in [5.41, 5.74) is 3.75. The molecule has 1 heterocycles. The van der Waals surface area contributed by atoms with Gasteiger partial charge in [-0.05, 0) is 94.6 Å². The van der Waals surface area contributed by atoms with Gasteiger partial charge in [-0.2, -0.15) is 0 Å². The Morgan fingerprint density at radius 1 is 1.09 bits per heavy atom. The third kappa shape index (κ3) is 5.96. The molecule has 7 heteroatoms. The first-order chi connectivity index (χ1) is 16.4. The van der Waals surface area contributed by atoms with Crippen LogP contribution in [0.15, 0.2) is 81.1 Å². The molecule has 1 saturated heterocycles. The average Bonchev–Trinajstić information content (AvgIpc) is 3.10. The van der Waals surface area contributed by atoms with E-state index in [9.17, 15) is 9.18 Å². The van der Waals surface area contributed by atoms with Crippen molar-refractivity contribution in [2.24, 2.45) is 4.99 Å². The van der Waals surface area contributed by atoms with Crippen molar-refractivity contribution in [1.82, 2.24) is 4.90 Å². The summed E-state index contributed by atoms with van der Waals surface area (Å²) in [7, 11) is 0. The van der Waals surface area contributed by atoms with Gasteiger partial charge in [0.25, 0.3) is 5.91 Å². The van der Waals surface area contributed by atoms with Crippen molar-refractivity contribution in [2.75, 3.05) is 6.54 Å². The summed E-state index contributed by atoms with van der Waals surface area (Å²) in [6.07, 6.45) is 2.72. The first kappa shape index (κ1) is 24.2. The lowest BCUT2D eigenvalue weighted by Gasteiger charge is -2.14. The van der Waals surface area contributed by atoms with E-state index >= 15 is 0 Å². The largest absolute Gasteiger partial charge is 0.488 e. The van der Waals surface area contributed by atoms with Gasteiger partial charge in [-0.3, -0.25) is 9.69 Å². The highest BCUT2D eigenvalue weighted by molar-refractivity contribution is 9.10. The number of benzene rings is 3. The number of amidine groups is 1. The van der Waals surface area contributed by atoms with Gasteiger partial charge in [0.1, 0.15) is 18.2 Å². The normalized spacial score (nSPS) is 16.0. The maximum Gasteiger partial charge on any atom is 0.266 e. The van der Waals surface area contributed by atoms with Crippen molar-refractivity contribution in [3.05, 3.63) is 98.6 Å². The number of aliphatic imine (C=N–C) groups is 1. The summed E-state index contributed by atoms with van der Waals surface area (Å²) in [6.45, 7) is 5.03. The standard InChI is InChI=1S/C27H24BrFN2O2S/c1-3-14-31-26(32)25(34-27(31)30-22-11-4-18(2)5-12-22)16-20-8-13-24(23(28)15-20)33-17-19-6-9-21(29)10-7-19/h4-13,15-16H,3,14,17H2,1-2H3/b25-16+,30-27?. The molecule has 0 bridgehead atoms. The third-order valence-electron chi connectivity index (χ3n) is 5.16. The SMILES string of the molecule is CCCN1C(=O)/C(=C\c2ccc(OCc3ccc(F)cc3)c(Br)c2)SC1=Nc1ccc(C)cc1. The molecule has 3 aromatic carbocycles. The van der Waals surface area contributed by atoms with E-state index in [0.717, 1.165) is 27.7 Å². The zero-order valence-electron chi connectivity index (χ0n) is 18.9. The van der Waals surface area contributed by atoms with E-state index in [4.69, 9.17) is 9.73 Å². The second-order valence-electron chi connectivity index (χ2n) is 7.90. The monoisotopic (exact) mass is 538 g/mol. The number of amides is 1. The molecule has 4 rings (SSSR count). The van der Waals surface area contributed by atoms with E-state index in [1.165, 1.54) is 29.5 Å². The zero-order valence-corrected chi connectivity index (χ0v) is 21.3. The molecule has 0 spiro atoms. The molecular weight excluding hydrogens is 515 g/mol. The van der Waals surface area contributed by atoms with Crippen LogP contribution in [0, 0.1) is 12.7 Å². The lowest BCUT2D eigenvalue weighted by Crippen LogP contribution is -2.29. The lowest BCUT2D eigenvalue weighted by molar-refractivity contribution is -0.122. The van der Waals surface area contributed by atoms with E-state index in [-0.39, 0.29) is 11.7 Å². The maximum atomic E-state index is 13.1. The Bertz CT molecular complexity index is 1240. The minimum atomic E-state index is -0.272. The fourth-order valence-corrected chi connectivity index (χ4v) is 4.89. The first-order valence-electron chi connectivity index (χ1n) is 11.0. The number of aryl methyl sites for hydroxylation is 1. The number of carbonyl (C=O) groups is 1. The molecule has 0 saturated carbocycles. The number of carbonyl (C=O) groups excluding carboxylic acids is 1. The summed E-state index contributed by atoms with van der Waals surface area (Å²) in [5, 5.41) is 0.695. The molecule has 4 nitrogen and oxygen atoms in total. The molecule has 0 aliphatic carbocycles. The van der Waals surface area contributed by atoms with Gasteiger partial charge >= 0.3 is 0 Å². The highest BCUT2D eigenvalue weighted by Gasteiger charge is 2.32. The van der Waals surface area contributed by atoms with Crippen molar-refractivity contribution in [3.8, 4) is 5.75 Å². The quantitative estimate of drug-likeness (QED) is 0.292. The van der Waals surface area contributed by atoms with Crippen molar-refractivity contribution in [2.45, 2.75) is 26.9 Å². The van der Waals surface area contributed by atoms with Crippen LogP contribution in [0.2, 0.25) is 0 Å². The Hall–Kier alpha value is -2.90. The van der Waals surface area contributed by atoms with Gasteiger partial charge in [0.05, 0.1) is 15.1 Å². The number of thioether (sulfide) groups is 1. The number of halogens is 2. The molecule has 1 amide bonds. The number of hydrogen-bond donors (Lipinski definition) is 0. The minimum Gasteiger partial charge on any atom is -0.488 e. The first-order valence-corrected chi connectivity index (χ1v) is 12.6. The van der Waals surface area contributed by atoms with Crippen molar-refractivity contribution in [1.29, 1.82) is 0 Å². The Balaban J connectivity index is 1.51. The van der Waals surface area contributed by atoms with Gasteiger partial charge in [-0.15, -0.1) is 0 Å². The number of nitrogens with zero attached hydrogens (tertiary/aromatic N) is 2. The lowest BCUT2D eigenvalue weighted by atomic mass is 10.2. The van der Waals surface area contributed by atoms with Gasteiger partial charge < -0.3 is 4.74 Å². The van der Waals surface area contributed by atoms with Gasteiger partial charge in [0, 0.05) is 6.54 Å². The fraction of sp³-hybridized carbons (Fsp3) is 0.185.